The van der Waals surface area contributed by atoms with Crippen LogP contribution in [0.5, 0.6) is 0 Å². The number of carbonyl (C=O) groups excluding carboxylic acids is 1. The molecule has 2 N–H and O–H groups in total. The maximum absolute atomic E-state index is 13.2. The molecule has 1 aromatic rings. The van der Waals surface area contributed by atoms with Gasteiger partial charge in [0.25, 0.3) is 0 Å². The zero-order valence-corrected chi connectivity index (χ0v) is 20.3. The lowest BCUT2D eigenvalue weighted by Gasteiger charge is -2.15. The molecule has 0 bridgehead atoms. The smallest absolute Gasteiger partial charge is 0.319 e. The van der Waals surface area contributed by atoms with Crippen LogP contribution in [-0.4, -0.2) is 50.8 Å². The molecule has 1 unspecified atom stereocenters. The number of amides is 2. The van der Waals surface area contributed by atoms with E-state index in [-0.39, 0.29) is 12.1 Å². The lowest BCUT2D eigenvalue weighted by molar-refractivity contribution is 0.250. The maximum atomic E-state index is 13.2. The van der Waals surface area contributed by atoms with Gasteiger partial charge in [-0.15, -0.1) is 0 Å². The number of likely N-dealkylation sites (N-methyl/N-ethyl adjacent to an activating group) is 1. The van der Waals surface area contributed by atoms with E-state index in [1.54, 1.807) is 18.2 Å². The lowest BCUT2D eigenvalue weighted by Crippen LogP contribution is -2.36. The van der Waals surface area contributed by atoms with E-state index in [4.69, 9.17) is 0 Å². The molecule has 0 spiro atoms. The number of fused-ring (bicyclic) bond motifs is 1. The van der Waals surface area contributed by atoms with E-state index < -0.39 is 15.1 Å². The number of hydrogen-bond donors (Lipinski definition) is 2. The molecular weight excluding hydrogens is 422 g/mol. The average Bonchev–Trinajstić information content (AvgIpc) is 3.16. The van der Waals surface area contributed by atoms with Crippen molar-refractivity contribution in [3.8, 4) is 0 Å². The average molecular weight is 456 g/mol. The van der Waals surface area contributed by atoms with Crippen LogP contribution in [-0.2, 0) is 16.3 Å². The number of sulfone groups is 1. The number of benzene rings is 1. The fraction of sp³-hybridized carbons (Fsp3) is 0.400. The van der Waals surface area contributed by atoms with Crippen LogP contribution in [0, 0.1) is 0 Å². The van der Waals surface area contributed by atoms with Gasteiger partial charge in [-0.1, -0.05) is 36.0 Å². The maximum Gasteiger partial charge on any atom is 0.319 e. The molecule has 32 heavy (non-hydrogen) atoms. The molecule has 2 heterocycles. The Morgan fingerprint density at radius 2 is 2.03 bits per heavy atom. The molecule has 0 aromatic heterocycles. The Kier molecular flexibility index (Phi) is 7.10. The second-order valence-electron chi connectivity index (χ2n) is 8.82. The molecule has 0 aliphatic carbocycles. The van der Waals surface area contributed by atoms with Crippen LogP contribution in [0.15, 0.2) is 70.2 Å². The molecule has 2 atom stereocenters. The molecule has 0 fully saturated rings. The minimum absolute atomic E-state index is 0.217. The highest BCUT2D eigenvalue weighted by Gasteiger charge is 2.38. The summed E-state index contributed by atoms with van der Waals surface area (Å²) in [7, 11) is -1.39. The Morgan fingerprint density at radius 3 is 2.66 bits per heavy atom. The predicted octanol–water partition coefficient (Wildman–Crippen LogP) is 4.24. The van der Waals surface area contributed by atoms with Crippen LogP contribution in [0.25, 0.3) is 0 Å². The topological polar surface area (TPSA) is 78.5 Å². The zero-order chi connectivity index (χ0) is 23.6. The summed E-state index contributed by atoms with van der Waals surface area (Å²) in [6.45, 7) is 13.4. The fourth-order valence-electron chi connectivity index (χ4n) is 4.30. The summed E-state index contributed by atoms with van der Waals surface area (Å²) in [6, 6.07) is 4.43. The van der Waals surface area contributed by atoms with Crippen LogP contribution < -0.4 is 10.6 Å². The van der Waals surface area contributed by atoms with Gasteiger partial charge in [0.05, 0.1) is 16.2 Å². The zero-order valence-electron chi connectivity index (χ0n) is 19.5. The molecule has 1 aromatic carbocycles. The minimum Gasteiger partial charge on any atom is -0.331 e. The molecule has 2 amide bonds. The van der Waals surface area contributed by atoms with Crippen LogP contribution in [0.1, 0.15) is 33.3 Å². The highest BCUT2D eigenvalue weighted by Crippen LogP contribution is 2.37. The summed E-state index contributed by atoms with van der Waals surface area (Å²) in [5.74, 6) is 0. The van der Waals surface area contributed by atoms with Gasteiger partial charge in [-0.3, -0.25) is 4.90 Å². The van der Waals surface area contributed by atoms with Crippen LogP contribution in [0.3, 0.4) is 0 Å². The third kappa shape index (κ3) is 5.05. The summed E-state index contributed by atoms with van der Waals surface area (Å²) in [6.07, 6.45) is 6.17. The number of urea groups is 1. The van der Waals surface area contributed by atoms with Gasteiger partial charge < -0.3 is 10.6 Å². The van der Waals surface area contributed by atoms with Crippen LogP contribution in [0.4, 0.5) is 10.5 Å². The SMILES string of the molecule is C=C(/C=C\C)[C@H](C)NC(=O)Nc1ccc2c(c1)CC(/C(C)=C/C1=C(C)CN(C)C1)S2(=O)=O. The molecule has 6 nitrogen and oxygen atoms in total. The van der Waals surface area contributed by atoms with Gasteiger partial charge in [-0.2, -0.15) is 0 Å². The second-order valence-corrected chi connectivity index (χ2v) is 10.9. The van der Waals surface area contributed by atoms with Crippen molar-refractivity contribution in [2.24, 2.45) is 0 Å². The van der Waals surface area contributed by atoms with Crippen molar-refractivity contribution in [3.63, 3.8) is 0 Å². The quantitative estimate of drug-likeness (QED) is 0.629. The van der Waals surface area contributed by atoms with Gasteiger partial charge in [-0.25, -0.2) is 13.2 Å². The largest absolute Gasteiger partial charge is 0.331 e. The molecule has 2 aliphatic rings. The van der Waals surface area contributed by atoms with Crippen LogP contribution in [0.2, 0.25) is 0 Å². The molecule has 2 aliphatic heterocycles. The van der Waals surface area contributed by atoms with Gasteiger partial charge in [0.15, 0.2) is 9.84 Å². The van der Waals surface area contributed by atoms with E-state index in [1.807, 2.05) is 39.0 Å². The molecule has 7 heteroatoms. The standard InChI is InChI=1S/C25H33N3O3S/c1-7-8-16(2)19(5)26-25(29)27-22-9-10-23-20(12-22)13-24(32(23,30)31)17(3)11-21-15-28(6)14-18(21)4/h7-12,19,24H,2,13-15H2,1,3-6H3,(H2,26,27,29)/b8-7-,17-11+/t19-,24?/m0/s1. The number of nitrogens with zero attached hydrogens (tertiary/aromatic N) is 1. The summed E-state index contributed by atoms with van der Waals surface area (Å²) in [5, 5.41) is 5.07. The van der Waals surface area contributed by atoms with Gasteiger partial charge in [0, 0.05) is 18.8 Å². The van der Waals surface area contributed by atoms with E-state index in [1.165, 1.54) is 11.1 Å². The summed E-state index contributed by atoms with van der Waals surface area (Å²) in [5.41, 5.74) is 5.44. The van der Waals surface area contributed by atoms with E-state index in [0.717, 1.165) is 29.8 Å². The van der Waals surface area contributed by atoms with Crippen molar-refractivity contribution in [1.82, 2.24) is 10.2 Å². The van der Waals surface area contributed by atoms with E-state index in [9.17, 15) is 13.2 Å². The number of rotatable bonds is 6. The summed E-state index contributed by atoms with van der Waals surface area (Å²) < 4.78 is 26.4. The second kappa shape index (κ2) is 9.46. The number of nitrogens with one attached hydrogen (secondary N) is 2. The number of carbonyl (C=O) groups is 1. The molecule has 3 rings (SSSR count). The third-order valence-electron chi connectivity index (χ3n) is 6.09. The van der Waals surface area contributed by atoms with Crippen molar-refractivity contribution >= 4 is 21.6 Å². The van der Waals surface area contributed by atoms with Gasteiger partial charge in [-0.05, 0) is 76.1 Å². The van der Waals surface area contributed by atoms with E-state index in [2.05, 4.69) is 36.1 Å². The predicted molar refractivity (Wildman–Crippen MR) is 131 cm³/mol. The van der Waals surface area contributed by atoms with Gasteiger partial charge >= 0.3 is 6.03 Å². The molecule has 0 saturated heterocycles. The first-order chi connectivity index (χ1) is 15.0. The van der Waals surface area contributed by atoms with E-state index >= 15 is 0 Å². The minimum atomic E-state index is -3.45. The van der Waals surface area contributed by atoms with Gasteiger partial charge in [0.2, 0.25) is 0 Å². The third-order valence-corrected chi connectivity index (χ3v) is 8.39. The molecule has 0 radical (unpaired) electrons. The molecule has 0 saturated carbocycles. The highest BCUT2D eigenvalue weighted by atomic mass is 32.2. The number of hydrogen-bond acceptors (Lipinski definition) is 4. The molecular formula is C25H33N3O3S. The number of anilines is 1. The Hall–Kier alpha value is -2.64. The van der Waals surface area contributed by atoms with Gasteiger partial charge in [0.1, 0.15) is 0 Å². The van der Waals surface area contributed by atoms with Crippen molar-refractivity contribution < 1.29 is 13.2 Å². The monoisotopic (exact) mass is 455 g/mol. The first-order valence-corrected chi connectivity index (χ1v) is 12.4. The normalized spacial score (nSPS) is 21.7. The van der Waals surface area contributed by atoms with Crippen molar-refractivity contribution in [1.29, 1.82) is 0 Å². The first-order valence-electron chi connectivity index (χ1n) is 10.8. The fourth-order valence-corrected chi connectivity index (χ4v) is 6.33. The van der Waals surface area contributed by atoms with Crippen LogP contribution >= 0.6 is 0 Å². The Labute approximate surface area is 191 Å². The lowest BCUT2D eigenvalue weighted by atomic mass is 10.0. The highest BCUT2D eigenvalue weighted by molar-refractivity contribution is 7.92. The summed E-state index contributed by atoms with van der Waals surface area (Å²) >= 11 is 0. The Morgan fingerprint density at radius 1 is 1.31 bits per heavy atom. The van der Waals surface area contributed by atoms with Crippen molar-refractivity contribution in [2.45, 2.75) is 50.3 Å². The van der Waals surface area contributed by atoms with Crippen molar-refractivity contribution in [3.05, 3.63) is 70.9 Å². The van der Waals surface area contributed by atoms with E-state index in [0.29, 0.717) is 17.0 Å². The molecule has 172 valence electrons. The summed E-state index contributed by atoms with van der Waals surface area (Å²) in [4.78, 5) is 14.9. The first kappa shape index (κ1) is 24.0. The van der Waals surface area contributed by atoms with Crippen molar-refractivity contribution in [2.75, 3.05) is 25.5 Å². The number of allylic oxidation sites excluding steroid dienone is 1. The Bertz CT molecular complexity index is 1130. The Balaban J connectivity index is 1.75.